The van der Waals surface area contributed by atoms with E-state index in [1.54, 1.807) is 53.1 Å². The molecule has 10 heteroatoms. The number of imidazole rings is 1. The van der Waals surface area contributed by atoms with Gasteiger partial charge in [-0.1, -0.05) is 6.07 Å². The van der Waals surface area contributed by atoms with E-state index < -0.39 is 9.84 Å². The molecule has 3 aromatic heterocycles. The van der Waals surface area contributed by atoms with Crippen LogP contribution in [0, 0.1) is 0 Å². The molecule has 0 unspecified atom stereocenters. The van der Waals surface area contributed by atoms with Crippen molar-refractivity contribution in [3.8, 4) is 11.6 Å². The zero-order valence-electron chi connectivity index (χ0n) is 15.3. The Kier molecular flexibility index (Phi) is 4.27. The molecular formula is C18H18N6O3S. The van der Waals surface area contributed by atoms with Gasteiger partial charge in [0.1, 0.15) is 5.75 Å². The maximum atomic E-state index is 13.0. The van der Waals surface area contributed by atoms with Crippen LogP contribution >= 0.6 is 0 Å². The van der Waals surface area contributed by atoms with Crippen LogP contribution in [0.1, 0.15) is 5.56 Å². The van der Waals surface area contributed by atoms with Crippen LogP contribution in [0.25, 0.3) is 17.0 Å². The number of hydrogen-bond donors (Lipinski definition) is 1. The number of nitrogens with two attached hydrogens (primary N) is 1. The third-order valence-electron chi connectivity index (χ3n) is 4.30. The maximum Gasteiger partial charge on any atom is 0.251 e. The van der Waals surface area contributed by atoms with Gasteiger partial charge in [-0.25, -0.2) is 13.4 Å². The van der Waals surface area contributed by atoms with Gasteiger partial charge in [0.25, 0.3) is 5.16 Å². The lowest BCUT2D eigenvalue weighted by molar-refractivity contribution is 0.417. The summed E-state index contributed by atoms with van der Waals surface area (Å²) in [5.41, 5.74) is 7.74. The first-order valence-electron chi connectivity index (χ1n) is 8.36. The fourth-order valence-electron chi connectivity index (χ4n) is 2.92. The number of aryl methyl sites for hydroxylation is 1. The van der Waals surface area contributed by atoms with Crippen LogP contribution in [-0.4, -0.2) is 39.6 Å². The molecule has 2 N–H and O–H groups in total. The molecule has 0 saturated carbocycles. The van der Waals surface area contributed by atoms with Gasteiger partial charge >= 0.3 is 0 Å². The van der Waals surface area contributed by atoms with Gasteiger partial charge in [0.05, 0.1) is 24.9 Å². The molecule has 0 fully saturated rings. The fraction of sp³-hybridized carbons (Fsp3) is 0.167. The van der Waals surface area contributed by atoms with Gasteiger partial charge in [-0.15, -0.1) is 0 Å². The van der Waals surface area contributed by atoms with E-state index in [9.17, 15) is 8.42 Å². The lowest BCUT2D eigenvalue weighted by Gasteiger charge is -2.09. The second-order valence-electron chi connectivity index (χ2n) is 6.28. The van der Waals surface area contributed by atoms with E-state index in [1.165, 1.54) is 7.11 Å². The number of benzene rings is 1. The SMILES string of the molecule is COc1ccc(CS(=O)(=O)c2nc(-n3cccc3)c3ncn(C)c3n2)cc1N. The van der Waals surface area contributed by atoms with Crippen molar-refractivity contribution in [2.24, 2.45) is 7.05 Å². The number of methoxy groups -OCH3 is 1. The minimum Gasteiger partial charge on any atom is -0.495 e. The second-order valence-corrected chi connectivity index (χ2v) is 8.17. The van der Waals surface area contributed by atoms with E-state index in [1.807, 2.05) is 12.1 Å². The summed E-state index contributed by atoms with van der Waals surface area (Å²) in [5, 5.41) is -0.262. The van der Waals surface area contributed by atoms with Crippen LogP contribution in [-0.2, 0) is 22.6 Å². The van der Waals surface area contributed by atoms with Crippen molar-refractivity contribution in [2.75, 3.05) is 12.8 Å². The number of sulfone groups is 1. The van der Waals surface area contributed by atoms with Gasteiger partial charge in [0.15, 0.2) is 17.0 Å². The highest BCUT2D eigenvalue weighted by molar-refractivity contribution is 7.90. The van der Waals surface area contributed by atoms with Crippen LogP contribution < -0.4 is 10.5 Å². The van der Waals surface area contributed by atoms with E-state index in [2.05, 4.69) is 15.0 Å². The van der Waals surface area contributed by atoms with Crippen molar-refractivity contribution < 1.29 is 13.2 Å². The van der Waals surface area contributed by atoms with Crippen molar-refractivity contribution in [1.29, 1.82) is 0 Å². The monoisotopic (exact) mass is 398 g/mol. The van der Waals surface area contributed by atoms with Gasteiger partial charge in [0, 0.05) is 19.4 Å². The Hall–Kier alpha value is -3.40. The topological polar surface area (TPSA) is 118 Å². The molecule has 0 saturated heterocycles. The molecule has 0 spiro atoms. The van der Waals surface area contributed by atoms with Crippen molar-refractivity contribution in [2.45, 2.75) is 10.9 Å². The van der Waals surface area contributed by atoms with Crippen molar-refractivity contribution in [3.05, 3.63) is 54.6 Å². The average Bonchev–Trinajstić information content (AvgIpc) is 3.31. The first kappa shape index (κ1) is 18.0. The Labute approximate surface area is 161 Å². The zero-order chi connectivity index (χ0) is 19.9. The predicted molar refractivity (Wildman–Crippen MR) is 104 cm³/mol. The molecule has 4 rings (SSSR count). The second kappa shape index (κ2) is 6.64. The van der Waals surface area contributed by atoms with Gasteiger partial charge in [-0.2, -0.15) is 9.97 Å². The highest BCUT2D eigenvalue weighted by Crippen LogP contribution is 2.25. The van der Waals surface area contributed by atoms with Crippen LogP contribution in [0.4, 0.5) is 5.69 Å². The van der Waals surface area contributed by atoms with Crippen LogP contribution in [0.15, 0.2) is 54.2 Å². The lowest BCUT2D eigenvalue weighted by atomic mass is 10.2. The van der Waals surface area contributed by atoms with Gasteiger partial charge in [-0.3, -0.25) is 0 Å². The molecule has 0 aliphatic carbocycles. The average molecular weight is 398 g/mol. The van der Waals surface area contributed by atoms with Gasteiger partial charge in [-0.05, 0) is 29.8 Å². The van der Waals surface area contributed by atoms with E-state index >= 15 is 0 Å². The van der Waals surface area contributed by atoms with E-state index in [0.29, 0.717) is 34.0 Å². The summed E-state index contributed by atoms with van der Waals surface area (Å²) in [6.07, 6.45) is 5.13. The maximum absolute atomic E-state index is 13.0. The molecule has 0 aliphatic rings. The zero-order valence-corrected chi connectivity index (χ0v) is 16.1. The number of aromatic nitrogens is 5. The Bertz CT molecular complexity index is 1260. The third kappa shape index (κ3) is 3.07. The Morgan fingerprint density at radius 1 is 1.18 bits per heavy atom. The summed E-state index contributed by atoms with van der Waals surface area (Å²) < 4.78 is 34.5. The molecule has 28 heavy (non-hydrogen) atoms. The Morgan fingerprint density at radius 3 is 2.61 bits per heavy atom. The number of nitrogens with zero attached hydrogens (tertiary/aromatic N) is 5. The molecule has 9 nitrogen and oxygen atoms in total. The summed E-state index contributed by atoms with van der Waals surface area (Å²) in [6.45, 7) is 0. The summed E-state index contributed by atoms with van der Waals surface area (Å²) in [5.74, 6) is 0.613. The van der Waals surface area contributed by atoms with Crippen LogP contribution in [0.2, 0.25) is 0 Å². The highest BCUT2D eigenvalue weighted by atomic mass is 32.2. The highest BCUT2D eigenvalue weighted by Gasteiger charge is 2.24. The van der Waals surface area contributed by atoms with Crippen LogP contribution in [0.3, 0.4) is 0 Å². The number of hydrogen-bond acceptors (Lipinski definition) is 7. The Balaban J connectivity index is 1.81. The third-order valence-corrected chi connectivity index (χ3v) is 5.75. The van der Waals surface area contributed by atoms with E-state index in [-0.39, 0.29) is 10.9 Å². The molecule has 4 aromatic rings. The summed E-state index contributed by atoms with van der Waals surface area (Å²) >= 11 is 0. The molecule has 3 heterocycles. The van der Waals surface area contributed by atoms with E-state index in [0.717, 1.165) is 0 Å². The molecule has 0 amide bonds. The van der Waals surface area contributed by atoms with Crippen molar-refractivity contribution in [1.82, 2.24) is 24.1 Å². The predicted octanol–water partition coefficient (Wildman–Crippen LogP) is 1.72. The molecule has 0 atom stereocenters. The first-order chi connectivity index (χ1) is 13.4. The molecule has 1 aromatic carbocycles. The number of anilines is 1. The summed E-state index contributed by atoms with van der Waals surface area (Å²) in [4.78, 5) is 12.9. The molecule has 0 radical (unpaired) electrons. The molecule has 0 aliphatic heterocycles. The smallest absolute Gasteiger partial charge is 0.251 e. The number of fused-ring (bicyclic) bond motifs is 1. The standard InChI is InChI=1S/C18H18N6O3S/c1-23-11-20-15-16(23)21-18(22-17(15)24-7-3-4-8-24)28(25,26)10-12-5-6-14(27-2)13(19)9-12/h3-9,11H,10,19H2,1-2H3. The van der Waals surface area contributed by atoms with Crippen molar-refractivity contribution in [3.63, 3.8) is 0 Å². The fourth-order valence-corrected chi connectivity index (χ4v) is 4.12. The van der Waals surface area contributed by atoms with Crippen LogP contribution in [0.5, 0.6) is 5.75 Å². The Morgan fingerprint density at radius 2 is 1.93 bits per heavy atom. The summed E-state index contributed by atoms with van der Waals surface area (Å²) in [7, 11) is -0.568. The quantitative estimate of drug-likeness (QED) is 0.402. The lowest BCUT2D eigenvalue weighted by Crippen LogP contribution is -2.13. The molecule has 144 valence electrons. The van der Waals surface area contributed by atoms with Gasteiger partial charge in [0.2, 0.25) is 9.84 Å². The summed E-state index contributed by atoms with van der Waals surface area (Å²) in [6, 6.07) is 8.51. The minimum atomic E-state index is -3.82. The normalized spacial score (nSPS) is 11.8. The first-order valence-corrected chi connectivity index (χ1v) is 10.0. The largest absolute Gasteiger partial charge is 0.495 e. The van der Waals surface area contributed by atoms with E-state index in [4.69, 9.17) is 10.5 Å². The number of rotatable bonds is 5. The number of nitrogen functional groups attached to an aromatic ring is 1. The molecule has 0 bridgehead atoms. The van der Waals surface area contributed by atoms with Gasteiger partial charge < -0.3 is 19.6 Å². The minimum absolute atomic E-state index is 0.262. The van der Waals surface area contributed by atoms with Crippen molar-refractivity contribution >= 4 is 26.7 Å². The molecular weight excluding hydrogens is 380 g/mol. The number of ether oxygens (including phenoxy) is 1.